The van der Waals surface area contributed by atoms with Crippen LogP contribution < -0.4 is 11.5 Å². The van der Waals surface area contributed by atoms with Crippen molar-refractivity contribution < 1.29 is 4.39 Å². The summed E-state index contributed by atoms with van der Waals surface area (Å²) in [5, 5.41) is 0. The first-order valence-corrected chi connectivity index (χ1v) is 6.00. The Hall–Kier alpha value is -2.76. The van der Waals surface area contributed by atoms with Gasteiger partial charge in [0, 0.05) is 5.56 Å². The molecular weight excluding hydrogens is 257 g/mol. The SMILES string of the molecule is Cc1cc(-c2ccc(N)c(F)c2)nc2cnc(N)nc12. The Labute approximate surface area is 114 Å². The van der Waals surface area contributed by atoms with Gasteiger partial charge in [0.05, 0.1) is 23.1 Å². The third kappa shape index (κ3) is 2.01. The minimum Gasteiger partial charge on any atom is -0.396 e. The fourth-order valence-corrected chi connectivity index (χ4v) is 2.03. The molecule has 0 aliphatic rings. The average Bonchev–Trinajstić information content (AvgIpc) is 2.42. The molecule has 20 heavy (non-hydrogen) atoms. The van der Waals surface area contributed by atoms with Crippen LogP contribution in [-0.2, 0) is 0 Å². The second kappa shape index (κ2) is 4.41. The number of benzene rings is 1. The van der Waals surface area contributed by atoms with Crippen molar-refractivity contribution in [2.24, 2.45) is 0 Å². The fourth-order valence-electron chi connectivity index (χ4n) is 2.03. The van der Waals surface area contributed by atoms with Gasteiger partial charge in [-0.1, -0.05) is 6.07 Å². The number of nitrogens with two attached hydrogens (primary N) is 2. The highest BCUT2D eigenvalue weighted by atomic mass is 19.1. The van der Waals surface area contributed by atoms with Gasteiger partial charge in [0.25, 0.3) is 0 Å². The summed E-state index contributed by atoms with van der Waals surface area (Å²) in [7, 11) is 0. The number of hydrogen-bond acceptors (Lipinski definition) is 5. The second-order valence-corrected chi connectivity index (χ2v) is 4.52. The van der Waals surface area contributed by atoms with Crippen LogP contribution in [0.15, 0.2) is 30.5 Å². The van der Waals surface area contributed by atoms with Gasteiger partial charge >= 0.3 is 0 Å². The van der Waals surface area contributed by atoms with E-state index in [0.29, 0.717) is 22.3 Å². The molecule has 100 valence electrons. The van der Waals surface area contributed by atoms with Gasteiger partial charge in [-0.05, 0) is 30.7 Å². The molecule has 0 saturated heterocycles. The van der Waals surface area contributed by atoms with Gasteiger partial charge in [-0.25, -0.2) is 19.3 Å². The molecule has 5 nitrogen and oxygen atoms in total. The number of anilines is 2. The maximum absolute atomic E-state index is 13.5. The largest absolute Gasteiger partial charge is 0.396 e. The molecule has 4 N–H and O–H groups in total. The Morgan fingerprint density at radius 3 is 2.65 bits per heavy atom. The molecule has 0 spiro atoms. The molecule has 0 aliphatic carbocycles. The topological polar surface area (TPSA) is 90.7 Å². The minimum atomic E-state index is -0.462. The second-order valence-electron chi connectivity index (χ2n) is 4.52. The lowest BCUT2D eigenvalue weighted by molar-refractivity contribution is 0.633. The standard InChI is InChI=1S/C14H12FN5/c1-7-4-11(8-2-3-10(16)9(15)5-8)19-12-6-18-14(17)20-13(7)12/h2-6H,16H2,1H3,(H2,17,18,20). The molecule has 0 atom stereocenters. The monoisotopic (exact) mass is 269 g/mol. The Kier molecular flexibility index (Phi) is 2.71. The van der Waals surface area contributed by atoms with E-state index in [9.17, 15) is 4.39 Å². The third-order valence-corrected chi connectivity index (χ3v) is 3.05. The molecule has 0 aliphatic heterocycles. The van der Waals surface area contributed by atoms with Crippen molar-refractivity contribution in [2.45, 2.75) is 6.92 Å². The number of pyridine rings is 1. The van der Waals surface area contributed by atoms with Crippen molar-refractivity contribution in [1.82, 2.24) is 15.0 Å². The fraction of sp³-hybridized carbons (Fsp3) is 0.0714. The first-order valence-electron chi connectivity index (χ1n) is 6.00. The normalized spacial score (nSPS) is 10.9. The van der Waals surface area contributed by atoms with Crippen LogP contribution in [0, 0.1) is 12.7 Å². The van der Waals surface area contributed by atoms with Crippen LogP contribution in [0.2, 0.25) is 0 Å². The summed E-state index contributed by atoms with van der Waals surface area (Å²) < 4.78 is 13.5. The molecule has 2 aromatic heterocycles. The summed E-state index contributed by atoms with van der Waals surface area (Å²) in [6.07, 6.45) is 1.56. The first-order chi connectivity index (χ1) is 9.54. The van der Waals surface area contributed by atoms with E-state index in [0.717, 1.165) is 5.56 Å². The summed E-state index contributed by atoms with van der Waals surface area (Å²) in [5.74, 6) is -0.260. The number of halogens is 1. The molecule has 0 radical (unpaired) electrons. The van der Waals surface area contributed by atoms with Gasteiger partial charge < -0.3 is 11.5 Å². The van der Waals surface area contributed by atoms with Crippen molar-refractivity contribution >= 4 is 22.7 Å². The van der Waals surface area contributed by atoms with E-state index in [4.69, 9.17) is 11.5 Å². The number of rotatable bonds is 1. The van der Waals surface area contributed by atoms with E-state index < -0.39 is 5.82 Å². The molecule has 0 bridgehead atoms. The van der Waals surface area contributed by atoms with Crippen LogP contribution in [0.3, 0.4) is 0 Å². The van der Waals surface area contributed by atoms with E-state index in [-0.39, 0.29) is 11.6 Å². The summed E-state index contributed by atoms with van der Waals surface area (Å²) in [6, 6.07) is 6.44. The van der Waals surface area contributed by atoms with Crippen molar-refractivity contribution in [1.29, 1.82) is 0 Å². The number of aryl methyl sites for hydroxylation is 1. The lowest BCUT2D eigenvalue weighted by atomic mass is 10.1. The van der Waals surface area contributed by atoms with Gasteiger partial charge in [0.15, 0.2) is 0 Å². The molecular formula is C14H12FN5. The number of aromatic nitrogens is 3. The third-order valence-electron chi connectivity index (χ3n) is 3.05. The lowest BCUT2D eigenvalue weighted by Gasteiger charge is -2.07. The molecule has 0 fully saturated rings. The highest BCUT2D eigenvalue weighted by Crippen LogP contribution is 2.25. The first kappa shape index (κ1) is 12.3. The number of hydrogen-bond donors (Lipinski definition) is 2. The smallest absolute Gasteiger partial charge is 0.220 e. The summed E-state index contributed by atoms with van der Waals surface area (Å²) in [4.78, 5) is 12.5. The quantitative estimate of drug-likeness (QED) is 0.661. The van der Waals surface area contributed by atoms with Gasteiger partial charge in [0.1, 0.15) is 11.3 Å². The maximum atomic E-state index is 13.5. The van der Waals surface area contributed by atoms with E-state index >= 15 is 0 Å². The predicted octanol–water partition coefficient (Wildman–Crippen LogP) is 2.30. The van der Waals surface area contributed by atoms with Gasteiger partial charge in [-0.2, -0.15) is 0 Å². The van der Waals surface area contributed by atoms with Crippen molar-refractivity contribution in [3.05, 3.63) is 41.8 Å². The number of nitrogen functional groups attached to an aromatic ring is 2. The van der Waals surface area contributed by atoms with E-state index in [1.165, 1.54) is 12.1 Å². The Bertz CT molecular complexity index is 816. The number of nitrogens with zero attached hydrogens (tertiary/aromatic N) is 3. The predicted molar refractivity (Wildman–Crippen MR) is 76.3 cm³/mol. The molecule has 1 aromatic carbocycles. The number of fused-ring (bicyclic) bond motifs is 1. The average molecular weight is 269 g/mol. The van der Waals surface area contributed by atoms with Gasteiger partial charge in [-0.15, -0.1) is 0 Å². The van der Waals surface area contributed by atoms with Crippen LogP contribution in [0.5, 0.6) is 0 Å². The van der Waals surface area contributed by atoms with Crippen LogP contribution in [0.25, 0.3) is 22.3 Å². The van der Waals surface area contributed by atoms with Crippen molar-refractivity contribution in [3.63, 3.8) is 0 Å². The Morgan fingerprint density at radius 1 is 1.10 bits per heavy atom. The summed E-state index contributed by atoms with van der Waals surface area (Å²) >= 11 is 0. The van der Waals surface area contributed by atoms with Gasteiger partial charge in [-0.3, -0.25) is 0 Å². The zero-order valence-electron chi connectivity index (χ0n) is 10.8. The lowest BCUT2D eigenvalue weighted by Crippen LogP contribution is -1.98. The van der Waals surface area contributed by atoms with Crippen LogP contribution in [0.1, 0.15) is 5.56 Å². The zero-order chi connectivity index (χ0) is 14.3. The molecule has 2 heterocycles. The summed E-state index contributed by atoms with van der Waals surface area (Å²) in [5.41, 5.74) is 14.7. The van der Waals surface area contributed by atoms with Crippen molar-refractivity contribution in [3.8, 4) is 11.3 Å². The van der Waals surface area contributed by atoms with Crippen LogP contribution in [0.4, 0.5) is 16.0 Å². The van der Waals surface area contributed by atoms with Crippen LogP contribution >= 0.6 is 0 Å². The van der Waals surface area contributed by atoms with E-state index in [1.54, 1.807) is 12.3 Å². The maximum Gasteiger partial charge on any atom is 0.220 e. The summed E-state index contributed by atoms with van der Waals surface area (Å²) in [6.45, 7) is 1.90. The Morgan fingerprint density at radius 2 is 1.90 bits per heavy atom. The van der Waals surface area contributed by atoms with Crippen LogP contribution in [-0.4, -0.2) is 15.0 Å². The zero-order valence-corrected chi connectivity index (χ0v) is 10.8. The molecule has 0 unspecified atom stereocenters. The molecule has 3 rings (SSSR count). The molecule has 0 amide bonds. The van der Waals surface area contributed by atoms with E-state index in [1.807, 2.05) is 13.0 Å². The highest BCUT2D eigenvalue weighted by Gasteiger charge is 2.09. The minimum absolute atomic E-state index is 0.113. The molecule has 0 saturated carbocycles. The highest BCUT2D eigenvalue weighted by molar-refractivity contribution is 5.81. The van der Waals surface area contributed by atoms with Gasteiger partial charge in [0.2, 0.25) is 5.95 Å². The molecule has 6 heteroatoms. The van der Waals surface area contributed by atoms with E-state index in [2.05, 4.69) is 15.0 Å². The van der Waals surface area contributed by atoms with Crippen molar-refractivity contribution in [2.75, 3.05) is 11.5 Å². The molecule has 3 aromatic rings. The Balaban J connectivity index is 2.21.